The van der Waals surface area contributed by atoms with Crippen molar-refractivity contribution in [2.75, 3.05) is 26.7 Å². The third-order valence-corrected chi connectivity index (χ3v) is 8.84. The number of carbonyl (C=O) groups excluding carboxylic acids is 1. The first-order chi connectivity index (χ1) is 19.8. The molecule has 214 valence electrons. The summed E-state index contributed by atoms with van der Waals surface area (Å²) in [6, 6.07) is 11.7. The number of ether oxygens (including phenoxy) is 1. The Hall–Kier alpha value is -3.47. The zero-order chi connectivity index (χ0) is 28.7. The number of carbonyl (C=O) groups is 1. The standard InChI is InChI=1S/C31H34BrN5O4/c1-18-3-6-27(24(32)13-18)41-17-22(38)5-4-19-7-10-33-30(39)28(19)29-34-25-14-20-16-37(21-8-11-36(2)12-9-21)31(40)23(20)15-26(25)35-29/h3,6-7,10,13-15,21-22,38H,4-5,8-9,11-12,16-17H2,1-2H3,(H,33,39)(H,34,35)/t22-/m1/s1. The van der Waals surface area contributed by atoms with Crippen molar-refractivity contribution in [2.24, 2.45) is 0 Å². The number of benzene rings is 2. The zero-order valence-electron chi connectivity index (χ0n) is 23.2. The molecule has 2 aliphatic heterocycles. The lowest BCUT2D eigenvalue weighted by molar-refractivity contribution is 0.0617. The molecule has 2 aliphatic rings. The second-order valence-corrected chi connectivity index (χ2v) is 12.1. The number of hydrogen-bond donors (Lipinski definition) is 3. The molecule has 4 aromatic rings. The van der Waals surface area contributed by atoms with Crippen LogP contribution in [0.25, 0.3) is 22.4 Å². The summed E-state index contributed by atoms with van der Waals surface area (Å²) in [5.74, 6) is 1.19. The van der Waals surface area contributed by atoms with Gasteiger partial charge in [0.05, 0.1) is 27.2 Å². The number of aliphatic hydroxyl groups is 1. The highest BCUT2D eigenvalue weighted by atomic mass is 79.9. The van der Waals surface area contributed by atoms with Crippen molar-refractivity contribution in [1.82, 2.24) is 24.8 Å². The van der Waals surface area contributed by atoms with Crippen LogP contribution in [0, 0.1) is 6.92 Å². The Labute approximate surface area is 246 Å². The maximum Gasteiger partial charge on any atom is 0.259 e. The SMILES string of the molecule is Cc1ccc(OC[C@H](O)CCc2cc[nH]c(=O)c2-c2nc3cc4c(cc3[nH]2)CN(C2CCN(C)CC2)C4=O)c(Br)c1. The lowest BCUT2D eigenvalue weighted by atomic mass is 10.0. The Morgan fingerprint density at radius 3 is 2.76 bits per heavy atom. The van der Waals surface area contributed by atoms with Gasteiger partial charge < -0.3 is 29.6 Å². The predicted molar refractivity (Wildman–Crippen MR) is 161 cm³/mol. The van der Waals surface area contributed by atoms with Crippen LogP contribution < -0.4 is 10.3 Å². The largest absolute Gasteiger partial charge is 0.490 e. The van der Waals surface area contributed by atoms with Crippen LogP contribution in [0.5, 0.6) is 5.75 Å². The van der Waals surface area contributed by atoms with Crippen molar-refractivity contribution in [2.45, 2.75) is 51.3 Å². The quantitative estimate of drug-likeness (QED) is 0.269. The van der Waals surface area contributed by atoms with Gasteiger partial charge in [-0.3, -0.25) is 9.59 Å². The molecule has 10 heteroatoms. The van der Waals surface area contributed by atoms with Crippen LogP contribution >= 0.6 is 15.9 Å². The smallest absolute Gasteiger partial charge is 0.259 e. The number of rotatable bonds is 8. The summed E-state index contributed by atoms with van der Waals surface area (Å²) in [4.78, 5) is 41.4. The minimum absolute atomic E-state index is 0.0631. The lowest BCUT2D eigenvalue weighted by Crippen LogP contribution is -2.43. The molecule has 2 aromatic heterocycles. The van der Waals surface area contributed by atoms with E-state index in [4.69, 9.17) is 9.72 Å². The molecule has 3 N–H and O–H groups in total. The van der Waals surface area contributed by atoms with E-state index >= 15 is 0 Å². The van der Waals surface area contributed by atoms with Crippen LogP contribution in [0.15, 0.2) is 51.9 Å². The molecule has 0 unspecified atom stereocenters. The average molecular weight is 621 g/mol. The van der Waals surface area contributed by atoms with Gasteiger partial charge in [0, 0.05) is 24.3 Å². The highest BCUT2D eigenvalue weighted by molar-refractivity contribution is 9.10. The van der Waals surface area contributed by atoms with E-state index in [9.17, 15) is 14.7 Å². The Bertz CT molecular complexity index is 1660. The van der Waals surface area contributed by atoms with Gasteiger partial charge in [0.2, 0.25) is 0 Å². The topological polar surface area (TPSA) is 115 Å². The van der Waals surface area contributed by atoms with Gasteiger partial charge in [-0.25, -0.2) is 4.98 Å². The van der Waals surface area contributed by atoms with Crippen LogP contribution in [-0.2, 0) is 13.0 Å². The molecule has 1 amide bonds. The fourth-order valence-corrected chi connectivity index (χ4v) is 6.47. The second kappa shape index (κ2) is 11.4. The summed E-state index contributed by atoms with van der Waals surface area (Å²) < 4.78 is 6.64. The van der Waals surface area contributed by atoms with Gasteiger partial charge in [0.1, 0.15) is 18.2 Å². The summed E-state index contributed by atoms with van der Waals surface area (Å²) in [5.41, 5.74) is 5.21. The molecule has 1 saturated heterocycles. The first-order valence-corrected chi connectivity index (χ1v) is 14.9. The Morgan fingerprint density at radius 2 is 1.98 bits per heavy atom. The molecule has 0 radical (unpaired) electrons. The number of halogens is 1. The van der Waals surface area contributed by atoms with Gasteiger partial charge in [-0.1, -0.05) is 6.07 Å². The molecular weight excluding hydrogens is 586 g/mol. The number of H-pyrrole nitrogens is 2. The molecule has 0 bridgehead atoms. The Kier molecular flexibility index (Phi) is 7.72. The molecule has 1 fully saturated rings. The number of fused-ring (bicyclic) bond motifs is 2. The fraction of sp³-hybridized carbons (Fsp3) is 0.387. The number of aryl methyl sites for hydroxylation is 2. The average Bonchev–Trinajstić information content (AvgIpc) is 3.50. The van der Waals surface area contributed by atoms with E-state index in [2.05, 4.69) is 37.8 Å². The number of imidazole rings is 1. The van der Waals surface area contributed by atoms with E-state index in [0.29, 0.717) is 47.6 Å². The van der Waals surface area contributed by atoms with Crippen LogP contribution in [0.1, 0.15) is 46.3 Å². The fourth-order valence-electron chi connectivity index (χ4n) is 5.86. The molecule has 0 saturated carbocycles. The van der Waals surface area contributed by atoms with Gasteiger partial charge in [-0.05, 0) is 116 Å². The molecule has 6 rings (SSSR count). The summed E-state index contributed by atoms with van der Waals surface area (Å²) in [5, 5.41) is 10.6. The van der Waals surface area contributed by atoms with E-state index in [1.165, 1.54) is 0 Å². The number of aliphatic hydroxyl groups excluding tert-OH is 1. The normalized spacial score (nSPS) is 16.9. The summed E-state index contributed by atoms with van der Waals surface area (Å²) in [7, 11) is 2.12. The number of likely N-dealkylation sites (tertiary alicyclic amines) is 1. The van der Waals surface area contributed by atoms with Gasteiger partial charge in [0.25, 0.3) is 11.5 Å². The molecule has 0 spiro atoms. The third-order valence-electron chi connectivity index (χ3n) is 8.22. The third kappa shape index (κ3) is 5.68. The molecule has 4 heterocycles. The van der Waals surface area contributed by atoms with E-state index < -0.39 is 6.10 Å². The highest BCUT2D eigenvalue weighted by Gasteiger charge is 2.34. The first kappa shape index (κ1) is 27.7. The van der Waals surface area contributed by atoms with Gasteiger partial charge >= 0.3 is 0 Å². The van der Waals surface area contributed by atoms with E-state index in [-0.39, 0.29) is 24.1 Å². The molecule has 9 nitrogen and oxygen atoms in total. The van der Waals surface area contributed by atoms with Crippen molar-refractivity contribution in [3.05, 3.63) is 79.7 Å². The number of pyridine rings is 1. The van der Waals surface area contributed by atoms with Crippen LogP contribution in [0.3, 0.4) is 0 Å². The van der Waals surface area contributed by atoms with Gasteiger partial charge in [-0.15, -0.1) is 0 Å². The van der Waals surface area contributed by atoms with Gasteiger partial charge in [0.15, 0.2) is 0 Å². The van der Waals surface area contributed by atoms with E-state index in [1.54, 1.807) is 6.20 Å². The monoisotopic (exact) mass is 619 g/mol. The Morgan fingerprint density at radius 1 is 1.17 bits per heavy atom. The molecule has 41 heavy (non-hydrogen) atoms. The maximum absolute atomic E-state index is 13.3. The van der Waals surface area contributed by atoms with Crippen LogP contribution in [0.2, 0.25) is 0 Å². The second-order valence-electron chi connectivity index (χ2n) is 11.2. The van der Waals surface area contributed by atoms with Crippen molar-refractivity contribution >= 4 is 32.9 Å². The number of piperidine rings is 1. The summed E-state index contributed by atoms with van der Waals surface area (Å²) >= 11 is 3.50. The number of aromatic amines is 2. The number of hydrogen-bond acceptors (Lipinski definition) is 6. The van der Waals surface area contributed by atoms with Gasteiger partial charge in [-0.2, -0.15) is 0 Å². The van der Waals surface area contributed by atoms with Crippen molar-refractivity contribution in [3.8, 4) is 17.1 Å². The maximum atomic E-state index is 13.3. The molecule has 1 atom stereocenters. The van der Waals surface area contributed by atoms with Crippen molar-refractivity contribution in [1.29, 1.82) is 0 Å². The summed E-state index contributed by atoms with van der Waals surface area (Å²) in [6.45, 7) is 4.74. The van der Waals surface area contributed by atoms with E-state index in [1.807, 2.05) is 48.2 Å². The minimum Gasteiger partial charge on any atom is -0.490 e. The first-order valence-electron chi connectivity index (χ1n) is 14.1. The van der Waals surface area contributed by atoms with Crippen molar-refractivity contribution < 1.29 is 14.6 Å². The molecule has 2 aromatic carbocycles. The number of aromatic nitrogens is 3. The number of nitrogens with zero attached hydrogens (tertiary/aromatic N) is 3. The predicted octanol–water partition coefficient (Wildman–Crippen LogP) is 4.41. The lowest BCUT2D eigenvalue weighted by Gasteiger charge is -2.34. The highest BCUT2D eigenvalue weighted by Crippen LogP contribution is 2.32. The minimum atomic E-state index is -0.715. The van der Waals surface area contributed by atoms with Crippen LogP contribution in [-0.4, -0.2) is 74.7 Å². The van der Waals surface area contributed by atoms with E-state index in [0.717, 1.165) is 52.6 Å². The number of nitrogens with one attached hydrogen (secondary N) is 2. The van der Waals surface area contributed by atoms with Crippen molar-refractivity contribution in [3.63, 3.8) is 0 Å². The number of amides is 1. The van der Waals surface area contributed by atoms with Crippen LogP contribution in [0.4, 0.5) is 0 Å². The Balaban J connectivity index is 1.18. The summed E-state index contributed by atoms with van der Waals surface area (Å²) in [6.07, 6.45) is 3.75. The molecular formula is C31H34BrN5O4. The zero-order valence-corrected chi connectivity index (χ0v) is 24.8. The molecule has 0 aliphatic carbocycles.